The zero-order chi connectivity index (χ0) is 18.4. The molecule has 0 amide bonds. The average Bonchev–Trinajstić information content (AvgIpc) is 3.22. The number of hydrogen-bond donors (Lipinski definition) is 1. The van der Waals surface area contributed by atoms with E-state index in [1.54, 1.807) is 0 Å². The van der Waals surface area contributed by atoms with E-state index in [4.69, 9.17) is 4.74 Å². The van der Waals surface area contributed by atoms with Gasteiger partial charge in [-0.3, -0.25) is 0 Å². The Morgan fingerprint density at radius 1 is 1.38 bits per heavy atom. The summed E-state index contributed by atoms with van der Waals surface area (Å²) in [6.07, 6.45) is 5.32. The van der Waals surface area contributed by atoms with Crippen molar-refractivity contribution >= 4 is 9.84 Å². The highest BCUT2D eigenvalue weighted by Crippen LogP contribution is 2.37. The Labute approximate surface area is 154 Å². The molecule has 1 fully saturated rings. The molecule has 0 saturated carbocycles. The number of imidazole rings is 1. The predicted octanol–water partition coefficient (Wildman–Crippen LogP) is 2.04. The monoisotopic (exact) mass is 375 g/mol. The lowest BCUT2D eigenvalue weighted by molar-refractivity contribution is 0.138. The zero-order valence-electron chi connectivity index (χ0n) is 15.2. The molecule has 140 valence electrons. The van der Waals surface area contributed by atoms with Crippen LogP contribution in [0.15, 0.2) is 30.7 Å². The van der Waals surface area contributed by atoms with Crippen molar-refractivity contribution in [1.29, 1.82) is 0 Å². The Balaban J connectivity index is 1.43. The van der Waals surface area contributed by atoms with E-state index in [1.807, 2.05) is 18.6 Å². The molecule has 4 rings (SSSR count). The molecule has 2 aliphatic heterocycles. The number of hydrogen-bond acceptors (Lipinski definition) is 5. The van der Waals surface area contributed by atoms with Crippen molar-refractivity contribution in [3.63, 3.8) is 0 Å². The Hall–Kier alpha value is -1.86. The number of sulfone groups is 1. The van der Waals surface area contributed by atoms with Crippen LogP contribution in [0.1, 0.15) is 25.8 Å². The number of fused-ring (bicyclic) bond motifs is 1. The predicted molar refractivity (Wildman–Crippen MR) is 101 cm³/mol. The second kappa shape index (κ2) is 6.39. The van der Waals surface area contributed by atoms with Crippen molar-refractivity contribution in [1.82, 2.24) is 14.9 Å². The van der Waals surface area contributed by atoms with Crippen LogP contribution in [-0.2, 0) is 22.8 Å². The molecule has 2 aromatic rings. The van der Waals surface area contributed by atoms with Crippen LogP contribution < -0.4 is 10.1 Å². The van der Waals surface area contributed by atoms with Gasteiger partial charge in [0.15, 0.2) is 9.84 Å². The summed E-state index contributed by atoms with van der Waals surface area (Å²) in [7, 11) is -2.84. The first-order chi connectivity index (χ1) is 12.3. The van der Waals surface area contributed by atoms with Crippen LogP contribution in [0, 0.1) is 0 Å². The first-order valence-corrected chi connectivity index (χ1v) is 10.9. The molecule has 1 aromatic heterocycles. The van der Waals surface area contributed by atoms with Crippen LogP contribution in [0.25, 0.3) is 11.3 Å². The summed E-state index contributed by atoms with van der Waals surface area (Å²) in [6, 6.07) is 6.38. The van der Waals surface area contributed by atoms with Gasteiger partial charge in [0.25, 0.3) is 0 Å². The van der Waals surface area contributed by atoms with Crippen LogP contribution in [0.4, 0.5) is 0 Å². The molecule has 1 aromatic carbocycles. The van der Waals surface area contributed by atoms with Gasteiger partial charge in [-0.05, 0) is 44.0 Å². The molecule has 1 N–H and O–H groups in total. The maximum absolute atomic E-state index is 11.5. The van der Waals surface area contributed by atoms with Crippen LogP contribution in [0.5, 0.6) is 5.75 Å². The Bertz CT molecular complexity index is 918. The van der Waals surface area contributed by atoms with Gasteiger partial charge in [0, 0.05) is 31.1 Å². The lowest BCUT2D eigenvalue weighted by atomic mass is 9.99. The summed E-state index contributed by atoms with van der Waals surface area (Å²) in [5.74, 6) is 1.52. The molecule has 0 radical (unpaired) electrons. The van der Waals surface area contributed by atoms with Crippen molar-refractivity contribution in [3.8, 4) is 17.0 Å². The second-order valence-corrected chi connectivity index (χ2v) is 10.1. The molecule has 6 nitrogen and oxygen atoms in total. The average molecular weight is 375 g/mol. The van der Waals surface area contributed by atoms with Gasteiger partial charge in [-0.25, -0.2) is 13.4 Å². The van der Waals surface area contributed by atoms with Crippen molar-refractivity contribution < 1.29 is 13.2 Å². The van der Waals surface area contributed by atoms with Gasteiger partial charge >= 0.3 is 0 Å². The Morgan fingerprint density at radius 2 is 2.23 bits per heavy atom. The van der Waals surface area contributed by atoms with Gasteiger partial charge in [-0.1, -0.05) is 0 Å². The number of aromatic nitrogens is 2. The molecule has 0 spiro atoms. The summed E-state index contributed by atoms with van der Waals surface area (Å²) in [4.78, 5) is 4.30. The number of nitrogens with zero attached hydrogens (tertiary/aromatic N) is 2. The highest BCUT2D eigenvalue weighted by atomic mass is 32.2. The summed E-state index contributed by atoms with van der Waals surface area (Å²) < 4.78 is 31.2. The van der Waals surface area contributed by atoms with Crippen LogP contribution in [0.2, 0.25) is 0 Å². The van der Waals surface area contributed by atoms with E-state index in [-0.39, 0.29) is 17.4 Å². The van der Waals surface area contributed by atoms with Gasteiger partial charge in [0.2, 0.25) is 0 Å². The topological polar surface area (TPSA) is 73.2 Å². The van der Waals surface area contributed by atoms with Crippen molar-refractivity contribution in [2.45, 2.75) is 44.9 Å². The zero-order valence-corrected chi connectivity index (χ0v) is 16.1. The van der Waals surface area contributed by atoms with Crippen LogP contribution >= 0.6 is 0 Å². The van der Waals surface area contributed by atoms with Gasteiger partial charge in [0.05, 0.1) is 29.7 Å². The van der Waals surface area contributed by atoms with E-state index >= 15 is 0 Å². The van der Waals surface area contributed by atoms with Gasteiger partial charge in [-0.2, -0.15) is 0 Å². The van der Waals surface area contributed by atoms with Gasteiger partial charge < -0.3 is 14.6 Å². The Kier molecular flexibility index (Phi) is 4.31. The van der Waals surface area contributed by atoms with E-state index < -0.39 is 9.84 Å². The molecular weight excluding hydrogens is 350 g/mol. The van der Waals surface area contributed by atoms with E-state index in [0.29, 0.717) is 12.2 Å². The molecule has 2 aliphatic rings. The maximum atomic E-state index is 11.5. The van der Waals surface area contributed by atoms with E-state index in [2.05, 4.69) is 40.8 Å². The van der Waals surface area contributed by atoms with Gasteiger partial charge in [-0.15, -0.1) is 0 Å². The SMILES string of the molecule is CC1(C)Cc2cc(-c3cncn3CCNC3CCS(=O)(=O)C3)ccc2O1. The minimum absolute atomic E-state index is 0.0753. The molecule has 0 aliphatic carbocycles. The lowest BCUT2D eigenvalue weighted by Gasteiger charge is -2.16. The quantitative estimate of drug-likeness (QED) is 0.866. The van der Waals surface area contributed by atoms with Crippen molar-refractivity contribution in [2.24, 2.45) is 0 Å². The first-order valence-electron chi connectivity index (χ1n) is 9.08. The normalized spacial score (nSPS) is 22.9. The van der Waals surface area contributed by atoms with Crippen LogP contribution in [0.3, 0.4) is 0 Å². The van der Waals surface area contributed by atoms with E-state index in [0.717, 1.165) is 36.5 Å². The third-order valence-electron chi connectivity index (χ3n) is 5.09. The van der Waals surface area contributed by atoms with Crippen molar-refractivity contribution in [2.75, 3.05) is 18.1 Å². The molecule has 1 unspecified atom stereocenters. The second-order valence-electron chi connectivity index (χ2n) is 7.89. The van der Waals surface area contributed by atoms with E-state index in [9.17, 15) is 8.42 Å². The fourth-order valence-electron chi connectivity index (χ4n) is 3.85. The summed E-state index contributed by atoms with van der Waals surface area (Å²) in [5, 5.41) is 3.36. The molecule has 7 heteroatoms. The number of ether oxygens (including phenoxy) is 1. The molecule has 3 heterocycles. The molecular formula is C19H25N3O3S. The fraction of sp³-hybridized carbons (Fsp3) is 0.526. The standard InChI is InChI=1S/C19H25N3O3S/c1-19(2)10-15-9-14(3-4-18(15)25-19)17-11-20-13-22(17)7-6-21-16-5-8-26(23,24)12-16/h3-4,9,11,13,16,21H,5-8,10,12H2,1-2H3. The van der Waals surface area contributed by atoms with E-state index in [1.165, 1.54) is 5.56 Å². The van der Waals surface area contributed by atoms with Crippen molar-refractivity contribution in [3.05, 3.63) is 36.3 Å². The Morgan fingerprint density at radius 3 is 3.00 bits per heavy atom. The minimum atomic E-state index is -2.84. The smallest absolute Gasteiger partial charge is 0.151 e. The number of nitrogens with one attached hydrogen (secondary N) is 1. The van der Waals surface area contributed by atoms with Gasteiger partial charge in [0.1, 0.15) is 11.4 Å². The first kappa shape index (κ1) is 17.5. The summed E-state index contributed by atoms with van der Waals surface area (Å²) in [5.41, 5.74) is 3.28. The number of rotatable bonds is 5. The fourth-order valence-corrected chi connectivity index (χ4v) is 5.56. The highest BCUT2D eigenvalue weighted by Gasteiger charge is 2.30. The minimum Gasteiger partial charge on any atom is -0.487 e. The third kappa shape index (κ3) is 3.64. The molecule has 1 atom stereocenters. The van der Waals surface area contributed by atoms with Crippen LogP contribution in [-0.4, -0.2) is 47.7 Å². The molecule has 0 bridgehead atoms. The lowest BCUT2D eigenvalue weighted by Crippen LogP contribution is -2.32. The summed E-state index contributed by atoms with van der Waals surface area (Å²) in [6.45, 7) is 5.69. The summed E-state index contributed by atoms with van der Waals surface area (Å²) >= 11 is 0. The number of benzene rings is 1. The highest BCUT2D eigenvalue weighted by molar-refractivity contribution is 7.91. The molecule has 1 saturated heterocycles. The third-order valence-corrected chi connectivity index (χ3v) is 6.86. The largest absolute Gasteiger partial charge is 0.487 e. The molecule has 26 heavy (non-hydrogen) atoms. The maximum Gasteiger partial charge on any atom is 0.151 e.